The van der Waals surface area contributed by atoms with Crippen LogP contribution in [-0.4, -0.2) is 9.97 Å². The minimum absolute atomic E-state index is 0.670. The van der Waals surface area contributed by atoms with Gasteiger partial charge in [0.25, 0.3) is 0 Å². The summed E-state index contributed by atoms with van der Waals surface area (Å²) in [5.41, 5.74) is 18.6. The Hall–Kier alpha value is -8.72. The van der Waals surface area contributed by atoms with Crippen LogP contribution in [0.25, 0.3) is 68.8 Å². The molecule has 0 spiro atoms. The Labute approximate surface area is 388 Å². The van der Waals surface area contributed by atoms with Gasteiger partial charge in [0.2, 0.25) is 0 Å². The maximum atomic E-state index is 5.24. The lowest BCUT2D eigenvalue weighted by molar-refractivity contribution is 1.18. The molecule has 0 radical (unpaired) electrons. The fourth-order valence-corrected chi connectivity index (χ4v) is 8.31. The summed E-state index contributed by atoms with van der Waals surface area (Å²) in [6.07, 6.45) is 6.78. The van der Waals surface area contributed by atoms with Gasteiger partial charge in [0, 0.05) is 16.7 Å². The Kier molecular flexibility index (Phi) is 12.4. The van der Waals surface area contributed by atoms with Crippen molar-refractivity contribution in [1.29, 1.82) is 0 Å². The van der Waals surface area contributed by atoms with E-state index in [0.29, 0.717) is 5.82 Å². The predicted octanol–water partition coefficient (Wildman–Crippen LogP) is 16.2. The van der Waals surface area contributed by atoms with E-state index < -0.39 is 0 Å². The Morgan fingerprint density at radius 3 is 0.712 bits per heavy atom. The highest BCUT2D eigenvalue weighted by Crippen LogP contribution is 2.33. The van der Waals surface area contributed by atoms with Crippen LogP contribution in [0.2, 0.25) is 0 Å². The van der Waals surface area contributed by atoms with Crippen LogP contribution in [0.15, 0.2) is 261 Å². The van der Waals surface area contributed by atoms with Crippen LogP contribution in [-0.2, 0) is 0 Å². The summed E-state index contributed by atoms with van der Waals surface area (Å²) in [4.78, 5) is 10.5. The summed E-state index contributed by atoms with van der Waals surface area (Å²) in [6, 6.07) is 91.5. The van der Waals surface area contributed by atoms with Crippen LogP contribution in [0.5, 0.6) is 0 Å². The van der Waals surface area contributed by atoms with Crippen molar-refractivity contribution in [3.8, 4) is 33.9 Å². The van der Waals surface area contributed by atoms with Crippen molar-refractivity contribution in [2.45, 2.75) is 0 Å². The van der Waals surface area contributed by atoms with E-state index in [1.54, 1.807) is 0 Å². The molecule has 0 atom stereocenters. The molecule has 2 heteroatoms. The molecular weight excluding hydrogens is 797 g/mol. The lowest BCUT2D eigenvalue weighted by Crippen LogP contribution is -1.96. The maximum absolute atomic E-state index is 5.24. The van der Waals surface area contributed by atoms with Gasteiger partial charge in [-0.1, -0.05) is 255 Å². The van der Waals surface area contributed by atoms with Crippen LogP contribution >= 0.6 is 0 Å². The van der Waals surface area contributed by atoms with Crippen molar-refractivity contribution in [1.82, 2.24) is 9.97 Å². The normalized spacial score (nSPS) is 10.7. The largest absolute Gasteiger partial charge is 0.228 e. The SMILES string of the molecule is C(=C(c1ccccc1)c1ccccc1)c1ccc(-c2cc(-c3ccc(C=C(c4ccccc4)c4ccccc4)cc3)nc(-c3ccc(C=C(c4ccccc4)c4ccccc4)cc3)n2)cc1. The van der Waals surface area contributed by atoms with Crippen LogP contribution in [0.3, 0.4) is 0 Å². The minimum atomic E-state index is 0.670. The molecule has 1 aromatic heterocycles. The highest BCUT2D eigenvalue weighted by atomic mass is 14.9. The fraction of sp³-hybridized carbons (Fsp3) is 0. The highest BCUT2D eigenvalue weighted by Gasteiger charge is 2.13. The Morgan fingerprint density at radius 1 is 0.242 bits per heavy atom. The van der Waals surface area contributed by atoms with Crippen molar-refractivity contribution in [2.75, 3.05) is 0 Å². The van der Waals surface area contributed by atoms with Gasteiger partial charge < -0.3 is 0 Å². The van der Waals surface area contributed by atoms with Crippen molar-refractivity contribution >= 4 is 34.9 Å². The topological polar surface area (TPSA) is 25.8 Å². The third kappa shape index (κ3) is 9.75. The molecule has 0 aliphatic heterocycles. The van der Waals surface area contributed by atoms with Crippen LogP contribution in [0, 0.1) is 0 Å². The molecule has 312 valence electrons. The average molecular weight is 843 g/mol. The van der Waals surface area contributed by atoms with Gasteiger partial charge >= 0.3 is 0 Å². The van der Waals surface area contributed by atoms with Gasteiger partial charge in [0.15, 0.2) is 5.82 Å². The first kappa shape index (κ1) is 41.3. The van der Waals surface area contributed by atoms with E-state index in [1.807, 2.05) is 0 Å². The van der Waals surface area contributed by atoms with Crippen LogP contribution in [0.4, 0.5) is 0 Å². The zero-order chi connectivity index (χ0) is 44.3. The lowest BCUT2D eigenvalue weighted by Gasteiger charge is -2.12. The first-order valence-corrected chi connectivity index (χ1v) is 22.4. The van der Waals surface area contributed by atoms with Gasteiger partial charge in [-0.05, 0) is 91.1 Å². The maximum Gasteiger partial charge on any atom is 0.160 e. The number of aromatic nitrogens is 2. The number of hydrogen-bond donors (Lipinski definition) is 0. The van der Waals surface area contributed by atoms with Gasteiger partial charge in [-0.15, -0.1) is 0 Å². The molecule has 0 saturated carbocycles. The molecule has 0 bridgehead atoms. The second kappa shape index (κ2) is 19.8. The van der Waals surface area contributed by atoms with Crippen molar-refractivity contribution in [2.24, 2.45) is 0 Å². The van der Waals surface area contributed by atoms with E-state index in [0.717, 1.165) is 44.8 Å². The van der Waals surface area contributed by atoms with Crippen LogP contribution in [0.1, 0.15) is 50.1 Å². The Bertz CT molecular complexity index is 2750. The summed E-state index contributed by atoms with van der Waals surface area (Å²) in [7, 11) is 0. The number of nitrogens with zero attached hydrogens (tertiary/aromatic N) is 2. The Balaban J connectivity index is 1.03. The monoisotopic (exact) mass is 842 g/mol. The lowest BCUT2D eigenvalue weighted by atomic mass is 9.95. The van der Waals surface area contributed by atoms with Gasteiger partial charge in [-0.3, -0.25) is 0 Å². The zero-order valence-electron chi connectivity index (χ0n) is 36.5. The van der Waals surface area contributed by atoms with Crippen LogP contribution < -0.4 is 0 Å². The first-order chi connectivity index (χ1) is 32.7. The summed E-state index contributed by atoms with van der Waals surface area (Å²) < 4.78 is 0. The quantitative estimate of drug-likeness (QED) is 0.115. The molecular formula is C64H46N2. The molecule has 2 nitrogen and oxygen atoms in total. The van der Waals surface area contributed by atoms with E-state index >= 15 is 0 Å². The predicted molar refractivity (Wildman–Crippen MR) is 278 cm³/mol. The first-order valence-electron chi connectivity index (χ1n) is 22.4. The van der Waals surface area contributed by atoms with E-state index in [4.69, 9.17) is 9.97 Å². The molecule has 0 unspecified atom stereocenters. The molecule has 0 aliphatic carbocycles. The van der Waals surface area contributed by atoms with E-state index in [9.17, 15) is 0 Å². The van der Waals surface area contributed by atoms with Crippen molar-refractivity contribution in [3.05, 3.63) is 311 Å². The van der Waals surface area contributed by atoms with Gasteiger partial charge in [0.05, 0.1) is 11.4 Å². The minimum Gasteiger partial charge on any atom is -0.228 e. The average Bonchev–Trinajstić information content (AvgIpc) is 3.40. The molecule has 0 N–H and O–H groups in total. The molecule has 0 aliphatic rings. The van der Waals surface area contributed by atoms with E-state index in [1.165, 1.54) is 50.1 Å². The molecule has 66 heavy (non-hydrogen) atoms. The number of rotatable bonds is 12. The molecule has 0 saturated heterocycles. The second-order valence-electron chi connectivity index (χ2n) is 16.2. The molecule has 1 heterocycles. The highest BCUT2D eigenvalue weighted by molar-refractivity contribution is 5.94. The summed E-state index contributed by atoms with van der Waals surface area (Å²) in [5, 5.41) is 0. The van der Waals surface area contributed by atoms with Gasteiger partial charge in [0.1, 0.15) is 0 Å². The number of hydrogen-bond acceptors (Lipinski definition) is 2. The number of benzene rings is 9. The van der Waals surface area contributed by atoms with Gasteiger partial charge in [-0.25, -0.2) is 9.97 Å². The van der Waals surface area contributed by atoms with E-state index in [2.05, 4.69) is 279 Å². The standard InChI is InChI=1S/C64H46N2/c1-7-19-50(20-8-1)59(51-21-9-2-10-22-51)43-47-31-37-56(38-32-47)62-46-63(57-39-33-48(34-40-57)44-60(52-23-11-3-12-24-52)53-25-13-4-14-26-53)66-64(65-62)58-41-35-49(36-42-58)45-61(54-27-15-5-16-28-54)55-29-17-6-18-30-55/h1-46H. The van der Waals surface area contributed by atoms with Gasteiger partial charge in [-0.2, -0.15) is 0 Å². The molecule has 0 amide bonds. The summed E-state index contributed by atoms with van der Waals surface area (Å²) in [5.74, 6) is 0.670. The second-order valence-corrected chi connectivity index (χ2v) is 16.2. The zero-order valence-corrected chi connectivity index (χ0v) is 36.5. The third-order valence-electron chi connectivity index (χ3n) is 11.7. The van der Waals surface area contributed by atoms with Crippen molar-refractivity contribution in [3.63, 3.8) is 0 Å². The molecule has 10 rings (SSSR count). The summed E-state index contributed by atoms with van der Waals surface area (Å²) in [6.45, 7) is 0. The van der Waals surface area contributed by atoms with Crippen molar-refractivity contribution < 1.29 is 0 Å². The molecule has 9 aromatic carbocycles. The van der Waals surface area contributed by atoms with E-state index in [-0.39, 0.29) is 0 Å². The molecule has 0 fully saturated rings. The Morgan fingerprint density at radius 2 is 0.470 bits per heavy atom. The smallest absolute Gasteiger partial charge is 0.160 e. The fourth-order valence-electron chi connectivity index (χ4n) is 8.31. The third-order valence-corrected chi connectivity index (χ3v) is 11.7. The summed E-state index contributed by atoms with van der Waals surface area (Å²) >= 11 is 0. The molecule has 10 aromatic rings.